The number of hydrogen-bond acceptors (Lipinski definition) is 1. The quantitative estimate of drug-likeness (QED) is 0.734. The number of aldehydes is 1. The zero-order valence-corrected chi connectivity index (χ0v) is 11.2. The van der Waals surface area contributed by atoms with Crippen LogP contribution >= 0.6 is 0 Å². The molecule has 0 aromatic heterocycles. The van der Waals surface area contributed by atoms with E-state index in [4.69, 9.17) is 0 Å². The molecule has 1 fully saturated rings. The summed E-state index contributed by atoms with van der Waals surface area (Å²) in [6.07, 6.45) is 4.74. The molecule has 96 valence electrons. The Balaban J connectivity index is 1.98. The average molecular weight is 250 g/mol. The normalized spacial score (nSPS) is 14.4. The topological polar surface area (TPSA) is 17.1 Å². The standard InChI is InChI=1S/C18H18O/c1-13-2-6-17(7-3-13)18-10-15(8-14-4-5-14)9-16(11-18)12-19/h2-3,6-7,9-12,14H,4-5,8H2,1H3. The number of rotatable bonds is 4. The van der Waals surface area contributed by atoms with Crippen molar-refractivity contribution >= 4 is 6.29 Å². The molecule has 0 heterocycles. The van der Waals surface area contributed by atoms with Gasteiger partial charge in [-0.15, -0.1) is 0 Å². The minimum Gasteiger partial charge on any atom is -0.298 e. The predicted molar refractivity (Wildman–Crippen MR) is 78.4 cm³/mol. The van der Waals surface area contributed by atoms with Gasteiger partial charge in [-0.2, -0.15) is 0 Å². The molecule has 0 amide bonds. The third-order valence-electron chi connectivity index (χ3n) is 3.76. The Hall–Kier alpha value is -1.89. The molecule has 0 N–H and O–H groups in total. The van der Waals surface area contributed by atoms with E-state index >= 15 is 0 Å². The fourth-order valence-electron chi connectivity index (χ4n) is 2.47. The van der Waals surface area contributed by atoms with Gasteiger partial charge in [-0.1, -0.05) is 35.9 Å². The second kappa shape index (κ2) is 5.00. The Morgan fingerprint density at radius 1 is 1.05 bits per heavy atom. The summed E-state index contributed by atoms with van der Waals surface area (Å²) in [5, 5.41) is 0. The molecule has 1 aliphatic rings. The highest BCUT2D eigenvalue weighted by Gasteiger charge is 2.21. The zero-order chi connectivity index (χ0) is 13.2. The Labute approximate surface area is 114 Å². The summed E-state index contributed by atoms with van der Waals surface area (Å²) in [6.45, 7) is 2.09. The fraction of sp³-hybridized carbons (Fsp3) is 0.278. The molecule has 1 saturated carbocycles. The van der Waals surface area contributed by atoms with Crippen LogP contribution in [0.25, 0.3) is 11.1 Å². The third kappa shape index (κ3) is 2.93. The van der Waals surface area contributed by atoms with Crippen molar-refractivity contribution in [2.45, 2.75) is 26.2 Å². The van der Waals surface area contributed by atoms with Gasteiger partial charge in [0.1, 0.15) is 6.29 Å². The van der Waals surface area contributed by atoms with Gasteiger partial charge in [0.25, 0.3) is 0 Å². The number of aryl methyl sites for hydroxylation is 1. The first kappa shape index (κ1) is 12.2. The Kier molecular flexibility index (Phi) is 3.20. The maximum absolute atomic E-state index is 11.1. The van der Waals surface area contributed by atoms with E-state index in [1.54, 1.807) is 0 Å². The number of benzene rings is 2. The maximum Gasteiger partial charge on any atom is 0.150 e. The highest BCUT2D eigenvalue weighted by atomic mass is 16.1. The van der Waals surface area contributed by atoms with Gasteiger partial charge in [0.2, 0.25) is 0 Å². The van der Waals surface area contributed by atoms with Gasteiger partial charge in [0.15, 0.2) is 0 Å². The molecular formula is C18H18O. The Morgan fingerprint density at radius 2 is 1.79 bits per heavy atom. The SMILES string of the molecule is Cc1ccc(-c2cc(C=O)cc(CC3CC3)c2)cc1. The largest absolute Gasteiger partial charge is 0.298 e. The van der Waals surface area contributed by atoms with Gasteiger partial charge in [0, 0.05) is 5.56 Å². The zero-order valence-electron chi connectivity index (χ0n) is 11.2. The minimum absolute atomic E-state index is 0.786. The lowest BCUT2D eigenvalue weighted by atomic mass is 9.97. The lowest BCUT2D eigenvalue weighted by Gasteiger charge is -2.07. The first-order valence-corrected chi connectivity index (χ1v) is 6.91. The first-order chi connectivity index (χ1) is 9.24. The van der Waals surface area contributed by atoms with Gasteiger partial charge < -0.3 is 0 Å². The highest BCUT2D eigenvalue weighted by Crippen LogP contribution is 2.34. The van der Waals surface area contributed by atoms with Crippen molar-refractivity contribution in [1.82, 2.24) is 0 Å². The Bertz CT molecular complexity index is 592. The second-order valence-corrected chi connectivity index (χ2v) is 5.59. The molecule has 1 nitrogen and oxygen atoms in total. The van der Waals surface area contributed by atoms with Crippen LogP contribution in [0.3, 0.4) is 0 Å². The van der Waals surface area contributed by atoms with Crippen molar-refractivity contribution in [3.05, 3.63) is 59.2 Å². The second-order valence-electron chi connectivity index (χ2n) is 5.59. The molecule has 1 heteroatoms. The van der Waals surface area contributed by atoms with Crippen molar-refractivity contribution in [1.29, 1.82) is 0 Å². The molecule has 0 aliphatic heterocycles. The van der Waals surface area contributed by atoms with E-state index in [9.17, 15) is 4.79 Å². The molecule has 1 aliphatic carbocycles. The lowest BCUT2D eigenvalue weighted by Crippen LogP contribution is -1.92. The summed E-state index contributed by atoms with van der Waals surface area (Å²) < 4.78 is 0. The van der Waals surface area contributed by atoms with Crippen LogP contribution in [0.2, 0.25) is 0 Å². The number of carbonyl (C=O) groups is 1. The summed E-state index contributed by atoms with van der Waals surface area (Å²) in [4.78, 5) is 11.1. The molecule has 0 radical (unpaired) electrons. The van der Waals surface area contributed by atoms with E-state index in [0.29, 0.717) is 0 Å². The van der Waals surface area contributed by atoms with E-state index in [0.717, 1.165) is 29.8 Å². The molecule has 2 aromatic rings. The van der Waals surface area contributed by atoms with Crippen molar-refractivity contribution in [2.24, 2.45) is 5.92 Å². The number of carbonyl (C=O) groups excluding carboxylic acids is 1. The summed E-state index contributed by atoms with van der Waals surface area (Å²) in [6, 6.07) is 14.7. The molecule has 0 bridgehead atoms. The van der Waals surface area contributed by atoms with Crippen LogP contribution in [0, 0.1) is 12.8 Å². The van der Waals surface area contributed by atoms with Crippen molar-refractivity contribution in [3.8, 4) is 11.1 Å². The van der Waals surface area contributed by atoms with E-state index < -0.39 is 0 Å². The van der Waals surface area contributed by atoms with Crippen LogP contribution in [0.1, 0.15) is 34.3 Å². The van der Waals surface area contributed by atoms with Gasteiger partial charge >= 0.3 is 0 Å². The van der Waals surface area contributed by atoms with Crippen molar-refractivity contribution in [3.63, 3.8) is 0 Å². The molecule has 0 unspecified atom stereocenters. The van der Waals surface area contributed by atoms with E-state index in [2.05, 4.69) is 37.3 Å². The minimum atomic E-state index is 0.786. The molecule has 3 rings (SSSR count). The summed E-state index contributed by atoms with van der Waals surface area (Å²) >= 11 is 0. The first-order valence-electron chi connectivity index (χ1n) is 6.91. The molecule has 0 atom stereocenters. The molecule has 2 aromatic carbocycles. The van der Waals surface area contributed by atoms with Gasteiger partial charge in [0.05, 0.1) is 0 Å². The Morgan fingerprint density at radius 3 is 2.42 bits per heavy atom. The van der Waals surface area contributed by atoms with Crippen LogP contribution in [0.15, 0.2) is 42.5 Å². The van der Waals surface area contributed by atoms with E-state index in [-0.39, 0.29) is 0 Å². The summed E-state index contributed by atoms with van der Waals surface area (Å²) in [5.74, 6) is 0.841. The van der Waals surface area contributed by atoms with Crippen LogP contribution in [-0.2, 0) is 6.42 Å². The summed E-state index contributed by atoms with van der Waals surface area (Å²) in [7, 11) is 0. The molecule has 0 saturated heterocycles. The van der Waals surface area contributed by atoms with Gasteiger partial charge in [-0.05, 0) is 60.9 Å². The number of hydrogen-bond donors (Lipinski definition) is 0. The fourth-order valence-corrected chi connectivity index (χ4v) is 2.47. The predicted octanol–water partition coefficient (Wildman–Crippen LogP) is 4.43. The maximum atomic E-state index is 11.1. The van der Waals surface area contributed by atoms with Crippen LogP contribution < -0.4 is 0 Å². The van der Waals surface area contributed by atoms with Crippen molar-refractivity contribution in [2.75, 3.05) is 0 Å². The lowest BCUT2D eigenvalue weighted by molar-refractivity contribution is 0.112. The molecular weight excluding hydrogens is 232 g/mol. The van der Waals surface area contributed by atoms with Crippen LogP contribution in [0.5, 0.6) is 0 Å². The third-order valence-corrected chi connectivity index (χ3v) is 3.76. The smallest absolute Gasteiger partial charge is 0.150 e. The van der Waals surface area contributed by atoms with Crippen molar-refractivity contribution < 1.29 is 4.79 Å². The highest BCUT2D eigenvalue weighted by molar-refractivity contribution is 5.79. The van der Waals surface area contributed by atoms with Gasteiger partial charge in [-0.3, -0.25) is 4.79 Å². The molecule has 0 spiro atoms. The van der Waals surface area contributed by atoms with Gasteiger partial charge in [-0.25, -0.2) is 0 Å². The monoisotopic (exact) mass is 250 g/mol. The average Bonchev–Trinajstić information content (AvgIpc) is 3.23. The van der Waals surface area contributed by atoms with E-state index in [1.807, 2.05) is 12.1 Å². The molecule has 19 heavy (non-hydrogen) atoms. The van der Waals surface area contributed by atoms with Crippen LogP contribution in [0.4, 0.5) is 0 Å². The van der Waals surface area contributed by atoms with E-state index in [1.165, 1.54) is 29.5 Å². The summed E-state index contributed by atoms with van der Waals surface area (Å²) in [5.41, 5.74) is 5.68. The van der Waals surface area contributed by atoms with Crippen LogP contribution in [-0.4, -0.2) is 6.29 Å².